The number of benzene rings is 4. The standard InChI is InChI=1S/C34H34SeTe/c1-2-3-4-5-6-7-8-9-10-24-11-13-25(14-12-24)32-22-31-20-28-18-27-17-26-15-16-36-34(26)23-30(27)19-29(28)21-33(31)35-32/h11-23H,2-10H2,1H3. The van der Waals surface area contributed by atoms with Gasteiger partial charge < -0.3 is 0 Å². The van der Waals surface area contributed by atoms with Crippen molar-refractivity contribution in [2.75, 3.05) is 0 Å². The van der Waals surface area contributed by atoms with E-state index < -0.39 is 0 Å². The molecular formula is C34H34SeTe. The molecule has 0 nitrogen and oxygen atoms in total. The van der Waals surface area contributed by atoms with E-state index in [1.807, 2.05) is 0 Å². The summed E-state index contributed by atoms with van der Waals surface area (Å²) in [5.41, 5.74) is 2.91. The molecule has 0 saturated heterocycles. The van der Waals surface area contributed by atoms with Crippen LogP contribution in [0.5, 0.6) is 0 Å². The van der Waals surface area contributed by atoms with Crippen molar-refractivity contribution in [3.05, 3.63) is 82.4 Å². The van der Waals surface area contributed by atoms with Crippen molar-refractivity contribution < 1.29 is 0 Å². The maximum atomic E-state index is 2.46. The SMILES string of the molecule is CCCCCCCCCCc1ccc(-c2cc3cc4cc5cc6cc[te]c6cc5cc4cc3[se]2)cc1. The Labute approximate surface area is 230 Å². The Morgan fingerprint density at radius 2 is 1.22 bits per heavy atom. The fraction of sp³-hybridized carbons (Fsp3) is 0.294. The summed E-state index contributed by atoms with van der Waals surface area (Å²) < 4.78 is 7.04. The summed E-state index contributed by atoms with van der Waals surface area (Å²) in [4.78, 5) is 0. The summed E-state index contributed by atoms with van der Waals surface area (Å²) in [5, 5.41) is 8.41. The van der Waals surface area contributed by atoms with Crippen LogP contribution < -0.4 is 0 Å². The summed E-state index contributed by atoms with van der Waals surface area (Å²) in [6.07, 6.45) is 12.3. The summed E-state index contributed by atoms with van der Waals surface area (Å²) in [5.74, 6) is 0. The molecule has 4 aromatic carbocycles. The molecule has 0 saturated carbocycles. The van der Waals surface area contributed by atoms with Crippen LogP contribution in [0.15, 0.2) is 76.9 Å². The first kappa shape index (κ1) is 24.5. The molecule has 182 valence electrons. The topological polar surface area (TPSA) is 0 Å². The molecule has 0 amide bonds. The third-order valence-corrected chi connectivity index (χ3v) is 12.5. The molecule has 2 aromatic heterocycles. The van der Waals surface area contributed by atoms with Gasteiger partial charge in [-0.1, -0.05) is 19.8 Å². The van der Waals surface area contributed by atoms with Gasteiger partial charge in [-0.3, -0.25) is 0 Å². The Bertz CT molecular complexity index is 1530. The molecule has 0 bridgehead atoms. The van der Waals surface area contributed by atoms with Crippen LogP contribution in [0, 0.1) is 0 Å². The van der Waals surface area contributed by atoms with Gasteiger partial charge in [-0.2, -0.15) is 0 Å². The van der Waals surface area contributed by atoms with Crippen molar-refractivity contribution in [3.63, 3.8) is 0 Å². The molecule has 0 N–H and O–H groups in total. The number of rotatable bonds is 10. The Kier molecular flexibility index (Phi) is 7.69. The van der Waals surface area contributed by atoms with E-state index in [2.05, 4.69) is 83.8 Å². The maximum absolute atomic E-state index is 2.46. The van der Waals surface area contributed by atoms with Crippen LogP contribution in [0.25, 0.3) is 50.0 Å². The number of unbranched alkanes of at least 4 members (excludes halogenated alkanes) is 7. The van der Waals surface area contributed by atoms with E-state index in [1.54, 1.807) is 3.40 Å². The Morgan fingerprint density at radius 1 is 0.583 bits per heavy atom. The van der Waals surface area contributed by atoms with E-state index in [4.69, 9.17) is 0 Å². The van der Waals surface area contributed by atoms with Gasteiger partial charge in [0.1, 0.15) is 0 Å². The van der Waals surface area contributed by atoms with Crippen molar-refractivity contribution in [1.82, 2.24) is 0 Å². The van der Waals surface area contributed by atoms with Gasteiger partial charge in [-0.25, -0.2) is 0 Å². The van der Waals surface area contributed by atoms with E-state index in [0.717, 1.165) is 0 Å². The van der Waals surface area contributed by atoms with Crippen molar-refractivity contribution in [3.8, 4) is 10.0 Å². The first-order chi connectivity index (χ1) is 17.8. The molecule has 2 heterocycles. The first-order valence-corrected chi connectivity index (χ1v) is 17.9. The van der Waals surface area contributed by atoms with Crippen LogP contribution >= 0.6 is 0 Å². The molecule has 0 aliphatic carbocycles. The zero-order chi connectivity index (χ0) is 24.3. The molecule has 36 heavy (non-hydrogen) atoms. The quantitative estimate of drug-likeness (QED) is 0.0788. The molecule has 0 aliphatic rings. The monoisotopic (exact) mass is 652 g/mol. The van der Waals surface area contributed by atoms with Gasteiger partial charge in [0, 0.05) is 0 Å². The third kappa shape index (κ3) is 5.39. The zero-order valence-corrected chi connectivity index (χ0v) is 25.2. The second kappa shape index (κ2) is 11.3. The molecule has 0 atom stereocenters. The molecule has 2 heteroatoms. The minimum atomic E-state index is -0.113. The molecule has 0 aliphatic heterocycles. The van der Waals surface area contributed by atoms with Gasteiger partial charge in [0.05, 0.1) is 0 Å². The molecule has 0 spiro atoms. The molecule has 0 unspecified atom stereocenters. The van der Waals surface area contributed by atoms with Crippen LogP contribution in [-0.4, -0.2) is 34.9 Å². The van der Waals surface area contributed by atoms with Gasteiger partial charge in [0.2, 0.25) is 0 Å². The summed E-state index contributed by atoms with van der Waals surface area (Å²) in [6, 6.07) is 28.8. The average Bonchev–Trinajstić information content (AvgIpc) is 3.52. The van der Waals surface area contributed by atoms with Gasteiger partial charge in [-0.05, 0) is 0 Å². The Morgan fingerprint density at radius 3 is 2.00 bits per heavy atom. The Hall–Kier alpha value is -1.81. The fourth-order valence-corrected chi connectivity index (χ4v) is 10.1. The number of hydrogen-bond donors (Lipinski definition) is 0. The number of aryl methyl sites for hydroxylation is 1. The van der Waals surface area contributed by atoms with Crippen molar-refractivity contribution in [2.45, 2.75) is 64.7 Å². The average molecular weight is 649 g/mol. The summed E-state index contributed by atoms with van der Waals surface area (Å²) in [7, 11) is 0. The van der Waals surface area contributed by atoms with Gasteiger partial charge in [-0.15, -0.1) is 0 Å². The van der Waals surface area contributed by atoms with Gasteiger partial charge in [0.25, 0.3) is 0 Å². The fourth-order valence-electron chi connectivity index (χ4n) is 5.44. The molecule has 0 radical (unpaired) electrons. The predicted octanol–water partition coefficient (Wildman–Crippen LogP) is 9.76. The number of fused-ring (bicyclic) bond motifs is 4. The molecule has 6 aromatic rings. The second-order valence-electron chi connectivity index (χ2n) is 10.3. The van der Waals surface area contributed by atoms with Crippen molar-refractivity contribution >= 4 is 74.9 Å². The molecule has 6 rings (SSSR count). The first-order valence-electron chi connectivity index (χ1n) is 13.6. The van der Waals surface area contributed by atoms with E-state index in [-0.39, 0.29) is 20.4 Å². The van der Waals surface area contributed by atoms with E-state index in [1.165, 1.54) is 110 Å². The predicted molar refractivity (Wildman–Crippen MR) is 162 cm³/mol. The number of hydrogen-bond acceptors (Lipinski definition) is 0. The normalized spacial score (nSPS) is 11.9. The van der Waals surface area contributed by atoms with Crippen LogP contribution in [0.4, 0.5) is 0 Å². The van der Waals surface area contributed by atoms with Crippen LogP contribution in [-0.2, 0) is 6.42 Å². The molecular weight excluding hydrogens is 615 g/mol. The minimum absolute atomic E-state index is 0.113. The summed E-state index contributed by atoms with van der Waals surface area (Å²) in [6.45, 7) is 2.29. The van der Waals surface area contributed by atoms with Crippen molar-refractivity contribution in [1.29, 1.82) is 0 Å². The summed E-state index contributed by atoms with van der Waals surface area (Å²) >= 11 is 0.268. The van der Waals surface area contributed by atoms with E-state index in [9.17, 15) is 0 Å². The third-order valence-electron chi connectivity index (χ3n) is 7.56. The van der Waals surface area contributed by atoms with Crippen LogP contribution in [0.3, 0.4) is 0 Å². The van der Waals surface area contributed by atoms with Gasteiger partial charge in [0.15, 0.2) is 0 Å². The van der Waals surface area contributed by atoms with Crippen LogP contribution in [0.1, 0.15) is 63.9 Å². The Balaban J connectivity index is 1.16. The van der Waals surface area contributed by atoms with Crippen molar-refractivity contribution in [2.24, 2.45) is 0 Å². The van der Waals surface area contributed by atoms with E-state index in [0.29, 0.717) is 14.5 Å². The zero-order valence-electron chi connectivity index (χ0n) is 21.2. The van der Waals surface area contributed by atoms with Crippen LogP contribution in [0.2, 0.25) is 0 Å². The van der Waals surface area contributed by atoms with Gasteiger partial charge >= 0.3 is 212 Å². The van der Waals surface area contributed by atoms with E-state index >= 15 is 0 Å². The molecule has 0 fully saturated rings. The second-order valence-corrected chi connectivity index (χ2v) is 15.3.